The molecule has 4 rings (SSSR count). The van der Waals surface area contributed by atoms with Crippen molar-refractivity contribution in [3.63, 3.8) is 0 Å². The third kappa shape index (κ3) is 4.07. The van der Waals surface area contributed by atoms with Gasteiger partial charge in [-0.05, 0) is 47.2 Å². The zero-order chi connectivity index (χ0) is 23.3. The predicted octanol–water partition coefficient (Wildman–Crippen LogP) is 2.79. The first kappa shape index (κ1) is 22.2. The van der Waals surface area contributed by atoms with Gasteiger partial charge in [-0.25, -0.2) is 8.42 Å². The first-order chi connectivity index (χ1) is 15.0. The normalized spacial score (nSPS) is 16.9. The van der Waals surface area contributed by atoms with Crippen LogP contribution in [0.3, 0.4) is 0 Å². The van der Waals surface area contributed by atoms with Gasteiger partial charge in [0.05, 0.1) is 9.82 Å². The Bertz CT molecular complexity index is 1210. The van der Waals surface area contributed by atoms with Crippen LogP contribution < -0.4 is 0 Å². The highest BCUT2D eigenvalue weighted by molar-refractivity contribution is 7.89. The van der Waals surface area contributed by atoms with Crippen LogP contribution in [0.5, 0.6) is 0 Å². The largest absolute Gasteiger partial charge is 0.471 e. The van der Waals surface area contributed by atoms with Gasteiger partial charge in [-0.1, -0.05) is 12.1 Å². The average Bonchev–Trinajstić information content (AvgIpc) is 2.76. The van der Waals surface area contributed by atoms with E-state index >= 15 is 0 Å². The Balaban J connectivity index is 1.60. The van der Waals surface area contributed by atoms with Crippen LogP contribution in [0.1, 0.15) is 22.3 Å². The highest BCUT2D eigenvalue weighted by Gasteiger charge is 2.43. The summed E-state index contributed by atoms with van der Waals surface area (Å²) < 4.78 is 66.0. The van der Waals surface area contributed by atoms with E-state index in [1.165, 1.54) is 28.6 Å². The van der Waals surface area contributed by atoms with Gasteiger partial charge in [0.15, 0.2) is 0 Å². The lowest BCUT2D eigenvalue weighted by atomic mass is 10.00. The molecule has 170 valence electrons. The van der Waals surface area contributed by atoms with E-state index in [1.54, 1.807) is 12.1 Å². The molecule has 2 aromatic carbocycles. The van der Waals surface area contributed by atoms with Crippen molar-refractivity contribution in [1.29, 1.82) is 0 Å². The number of sulfonamides is 1. The molecule has 0 spiro atoms. The second-order valence-corrected chi connectivity index (χ2v) is 9.64. The van der Waals surface area contributed by atoms with Gasteiger partial charge in [0.2, 0.25) is 10.0 Å². The molecule has 0 bridgehead atoms. The number of non-ortho nitro benzene ring substituents is 1. The van der Waals surface area contributed by atoms with Gasteiger partial charge >= 0.3 is 12.1 Å². The van der Waals surface area contributed by atoms with Gasteiger partial charge < -0.3 is 4.90 Å². The van der Waals surface area contributed by atoms with Crippen molar-refractivity contribution in [1.82, 2.24) is 9.21 Å². The fourth-order valence-electron chi connectivity index (χ4n) is 4.03. The molecule has 0 aromatic heterocycles. The minimum atomic E-state index is -5.00. The number of amides is 1. The lowest BCUT2D eigenvalue weighted by Gasteiger charge is -2.31. The lowest BCUT2D eigenvalue weighted by Crippen LogP contribution is -2.43. The van der Waals surface area contributed by atoms with E-state index in [2.05, 4.69) is 0 Å². The van der Waals surface area contributed by atoms with Gasteiger partial charge in [-0.2, -0.15) is 17.5 Å². The predicted molar refractivity (Wildman–Crippen MR) is 106 cm³/mol. The molecular weight excluding hydrogens is 451 g/mol. The van der Waals surface area contributed by atoms with Gasteiger partial charge in [0, 0.05) is 38.3 Å². The summed E-state index contributed by atoms with van der Waals surface area (Å²) >= 11 is 0. The van der Waals surface area contributed by atoms with Crippen molar-refractivity contribution >= 4 is 21.6 Å². The molecule has 0 radical (unpaired) electrons. The third-order valence-corrected chi connectivity index (χ3v) is 7.58. The van der Waals surface area contributed by atoms with Crippen LogP contribution in [0.2, 0.25) is 0 Å². The Labute approximate surface area is 181 Å². The van der Waals surface area contributed by atoms with Crippen molar-refractivity contribution in [3.05, 3.63) is 68.8 Å². The minimum absolute atomic E-state index is 0.0465. The van der Waals surface area contributed by atoms with E-state index in [0.717, 1.165) is 5.56 Å². The number of carbonyl (C=O) groups is 1. The summed E-state index contributed by atoms with van der Waals surface area (Å²) in [5.41, 5.74) is 2.27. The molecule has 0 atom stereocenters. The van der Waals surface area contributed by atoms with Gasteiger partial charge in [-0.15, -0.1) is 0 Å². The lowest BCUT2D eigenvalue weighted by molar-refractivity contribution is -0.385. The SMILES string of the molecule is O=C(N1CCc2ccc(S(=O)(=O)N3CCc4ccc([N+](=O)[O-])cc4C3)cc2C1)C(F)(F)F. The number of halogens is 3. The summed E-state index contributed by atoms with van der Waals surface area (Å²) in [6.45, 7) is -0.302. The Kier molecular flexibility index (Phi) is 5.45. The number of benzene rings is 2. The van der Waals surface area contributed by atoms with Gasteiger partial charge in [-0.3, -0.25) is 14.9 Å². The van der Waals surface area contributed by atoms with Crippen molar-refractivity contribution in [3.8, 4) is 0 Å². The topological polar surface area (TPSA) is 101 Å². The monoisotopic (exact) mass is 469 g/mol. The number of nitro groups is 1. The van der Waals surface area contributed by atoms with Gasteiger partial charge in [0.1, 0.15) is 0 Å². The van der Waals surface area contributed by atoms with Crippen LogP contribution in [-0.2, 0) is 40.7 Å². The zero-order valence-electron chi connectivity index (χ0n) is 16.6. The summed E-state index contributed by atoms with van der Waals surface area (Å²) in [6.07, 6.45) is -4.42. The molecule has 0 unspecified atom stereocenters. The van der Waals surface area contributed by atoms with Crippen molar-refractivity contribution in [2.24, 2.45) is 0 Å². The highest BCUT2D eigenvalue weighted by Crippen LogP contribution is 2.30. The second-order valence-electron chi connectivity index (χ2n) is 7.70. The quantitative estimate of drug-likeness (QED) is 0.508. The Hall–Kier alpha value is -2.99. The molecule has 8 nitrogen and oxygen atoms in total. The van der Waals surface area contributed by atoms with E-state index in [9.17, 15) is 36.5 Å². The number of alkyl halides is 3. The van der Waals surface area contributed by atoms with E-state index in [1.807, 2.05) is 0 Å². The van der Waals surface area contributed by atoms with Crippen LogP contribution in [0.15, 0.2) is 41.3 Å². The molecule has 0 N–H and O–H groups in total. The summed E-state index contributed by atoms with van der Waals surface area (Å²) in [5.74, 6) is -1.95. The van der Waals surface area contributed by atoms with E-state index < -0.39 is 27.0 Å². The first-order valence-corrected chi connectivity index (χ1v) is 11.1. The maximum absolute atomic E-state index is 13.2. The van der Waals surface area contributed by atoms with Crippen LogP contribution in [0.25, 0.3) is 0 Å². The fraction of sp³-hybridized carbons (Fsp3) is 0.350. The maximum Gasteiger partial charge on any atom is 0.471 e. The molecule has 0 saturated heterocycles. The van der Waals surface area contributed by atoms with E-state index in [-0.39, 0.29) is 43.2 Å². The number of hydrogen-bond acceptors (Lipinski definition) is 5. The highest BCUT2D eigenvalue weighted by atomic mass is 32.2. The average molecular weight is 469 g/mol. The first-order valence-electron chi connectivity index (χ1n) is 9.71. The van der Waals surface area contributed by atoms with E-state index in [4.69, 9.17) is 0 Å². The molecule has 2 aliphatic heterocycles. The summed E-state index contributed by atoms with van der Waals surface area (Å²) in [5, 5.41) is 11.0. The Morgan fingerprint density at radius 3 is 2.22 bits per heavy atom. The third-order valence-electron chi connectivity index (χ3n) is 5.74. The molecule has 0 fully saturated rings. The fourth-order valence-corrected chi connectivity index (χ4v) is 5.50. The second kappa shape index (κ2) is 7.85. The van der Waals surface area contributed by atoms with Crippen molar-refractivity contribution < 1.29 is 31.3 Å². The van der Waals surface area contributed by atoms with Crippen LogP contribution in [0.4, 0.5) is 18.9 Å². The molecule has 32 heavy (non-hydrogen) atoms. The van der Waals surface area contributed by atoms with E-state index in [0.29, 0.717) is 28.0 Å². The molecule has 2 aromatic rings. The molecule has 12 heteroatoms. The number of hydrogen-bond donors (Lipinski definition) is 0. The number of nitrogens with zero attached hydrogens (tertiary/aromatic N) is 3. The maximum atomic E-state index is 13.2. The number of carbonyl (C=O) groups excluding carboxylic acids is 1. The van der Waals surface area contributed by atoms with Crippen LogP contribution in [-0.4, -0.2) is 47.7 Å². The zero-order valence-corrected chi connectivity index (χ0v) is 17.4. The minimum Gasteiger partial charge on any atom is -0.330 e. The standard InChI is InChI=1S/C20H18F3N3O5S/c21-20(22,23)19(27)24-7-5-14-2-4-18(10-16(14)11-24)32(30,31)25-8-6-13-1-3-17(26(28)29)9-15(13)12-25/h1-4,9-10H,5-8,11-12H2. The molecular formula is C20H18F3N3O5S. The molecule has 0 aliphatic carbocycles. The summed E-state index contributed by atoms with van der Waals surface area (Å²) in [7, 11) is -4.00. The number of nitro benzene ring substituents is 1. The van der Waals surface area contributed by atoms with Crippen LogP contribution >= 0.6 is 0 Å². The Morgan fingerprint density at radius 1 is 0.938 bits per heavy atom. The number of fused-ring (bicyclic) bond motifs is 2. The van der Waals surface area contributed by atoms with Crippen molar-refractivity contribution in [2.75, 3.05) is 13.1 Å². The molecule has 0 saturated carbocycles. The van der Waals surface area contributed by atoms with Crippen LogP contribution in [0, 0.1) is 10.1 Å². The summed E-state index contributed by atoms with van der Waals surface area (Å²) in [4.78, 5) is 22.6. The summed E-state index contributed by atoms with van der Waals surface area (Å²) in [6, 6.07) is 8.61. The molecule has 1 amide bonds. The number of rotatable bonds is 3. The smallest absolute Gasteiger partial charge is 0.330 e. The molecule has 2 heterocycles. The van der Waals surface area contributed by atoms with Crippen molar-refractivity contribution in [2.45, 2.75) is 37.0 Å². The Morgan fingerprint density at radius 2 is 1.56 bits per heavy atom. The van der Waals surface area contributed by atoms with Gasteiger partial charge in [0.25, 0.3) is 5.69 Å². The molecule has 2 aliphatic rings.